The second-order valence-corrected chi connectivity index (χ2v) is 11.8. The number of anilines is 2. The number of benzene rings is 2. The Morgan fingerprint density at radius 3 is 2.10 bits per heavy atom. The number of hydrogen-bond donors (Lipinski definition) is 1. The fourth-order valence-corrected chi connectivity index (χ4v) is 4.57. The number of cyclic esters (lactones) is 2. The van der Waals surface area contributed by atoms with Gasteiger partial charge in [0.15, 0.2) is 5.57 Å². The molecule has 1 atom stereocenters. The van der Waals surface area contributed by atoms with Crippen LogP contribution in [0, 0.1) is 5.92 Å². The van der Waals surface area contributed by atoms with E-state index >= 15 is 0 Å². The fourth-order valence-electron chi connectivity index (χ4n) is 4.57. The van der Waals surface area contributed by atoms with Gasteiger partial charge in [-0.25, -0.2) is 9.59 Å². The number of nitrogens with one attached hydrogen (secondary N) is 1. The van der Waals surface area contributed by atoms with E-state index in [-0.39, 0.29) is 5.57 Å². The number of unbranched alkanes of at least 4 members (excludes halogenated alkanes) is 4. The Balaban J connectivity index is 1.97. The van der Waals surface area contributed by atoms with Crippen molar-refractivity contribution in [3.63, 3.8) is 0 Å². The zero-order valence-electron chi connectivity index (χ0n) is 26.5. The summed E-state index contributed by atoms with van der Waals surface area (Å²) >= 11 is 0. The fraction of sp³-hybridized carbons (Fsp3) is 0.529. The van der Waals surface area contributed by atoms with Crippen molar-refractivity contribution in [2.75, 3.05) is 37.5 Å². The summed E-state index contributed by atoms with van der Waals surface area (Å²) in [6.45, 7) is 11.4. The van der Waals surface area contributed by atoms with E-state index in [1.54, 1.807) is 13.8 Å². The van der Waals surface area contributed by atoms with Crippen molar-refractivity contribution in [3.8, 4) is 5.75 Å². The monoisotopic (exact) mass is 579 g/mol. The van der Waals surface area contributed by atoms with Gasteiger partial charge in [0.1, 0.15) is 11.6 Å². The minimum atomic E-state index is -1.33. The van der Waals surface area contributed by atoms with Crippen molar-refractivity contribution in [2.45, 2.75) is 85.5 Å². The summed E-state index contributed by atoms with van der Waals surface area (Å²) < 4.78 is 17.0. The Morgan fingerprint density at radius 2 is 1.52 bits per heavy atom. The SMILES string of the molecule is CCCCCCCN(Cc1ccc(OCC(C)CC)cc1)C(Nc1ccc(N(C)C)cc1)=C1C(=O)OC(C)(C)OC1=O. The molecule has 2 aromatic rings. The van der Waals surface area contributed by atoms with Crippen molar-refractivity contribution >= 4 is 23.3 Å². The highest BCUT2D eigenvalue weighted by Gasteiger charge is 2.42. The molecular weight excluding hydrogens is 530 g/mol. The summed E-state index contributed by atoms with van der Waals surface area (Å²) in [6, 6.07) is 15.9. The highest BCUT2D eigenvalue weighted by atomic mass is 16.7. The van der Waals surface area contributed by atoms with Gasteiger partial charge in [-0.05, 0) is 54.3 Å². The first kappa shape index (κ1) is 32.8. The minimum absolute atomic E-state index is 0.131. The Labute approximate surface area is 252 Å². The molecule has 1 aliphatic rings. The topological polar surface area (TPSA) is 80.3 Å². The number of rotatable bonds is 16. The van der Waals surface area contributed by atoms with Crippen LogP contribution in [-0.4, -0.2) is 49.9 Å². The van der Waals surface area contributed by atoms with E-state index < -0.39 is 17.7 Å². The molecule has 0 aliphatic carbocycles. The van der Waals surface area contributed by atoms with E-state index in [1.807, 2.05) is 67.5 Å². The molecule has 1 aliphatic heterocycles. The molecule has 2 aromatic carbocycles. The maximum atomic E-state index is 13.3. The van der Waals surface area contributed by atoms with E-state index in [1.165, 1.54) is 6.42 Å². The molecule has 1 unspecified atom stereocenters. The predicted molar refractivity (Wildman–Crippen MR) is 168 cm³/mol. The van der Waals surface area contributed by atoms with Crippen LogP contribution in [-0.2, 0) is 25.6 Å². The smallest absolute Gasteiger partial charge is 0.352 e. The molecule has 1 N–H and O–H groups in total. The van der Waals surface area contributed by atoms with Crippen molar-refractivity contribution in [1.29, 1.82) is 0 Å². The molecule has 0 bridgehead atoms. The molecule has 0 saturated carbocycles. The molecule has 8 heteroatoms. The van der Waals surface area contributed by atoms with Crippen LogP contribution in [0.3, 0.4) is 0 Å². The lowest BCUT2D eigenvalue weighted by Crippen LogP contribution is -2.44. The summed E-state index contributed by atoms with van der Waals surface area (Å²) in [7, 11) is 3.96. The lowest BCUT2D eigenvalue weighted by atomic mass is 10.1. The third-order valence-corrected chi connectivity index (χ3v) is 7.34. The minimum Gasteiger partial charge on any atom is -0.493 e. The van der Waals surface area contributed by atoms with Gasteiger partial charge in [0.2, 0.25) is 0 Å². The largest absolute Gasteiger partial charge is 0.493 e. The zero-order chi connectivity index (χ0) is 30.7. The van der Waals surface area contributed by atoms with Crippen LogP contribution >= 0.6 is 0 Å². The van der Waals surface area contributed by atoms with Crippen molar-refractivity contribution in [1.82, 2.24) is 4.90 Å². The summed E-state index contributed by atoms with van der Waals surface area (Å²) in [5.74, 6) is -1.04. The summed E-state index contributed by atoms with van der Waals surface area (Å²) in [5, 5.41) is 3.39. The van der Waals surface area contributed by atoms with E-state index in [0.29, 0.717) is 31.4 Å². The van der Waals surface area contributed by atoms with Gasteiger partial charge in [-0.2, -0.15) is 0 Å². The maximum absolute atomic E-state index is 13.3. The number of carbonyl (C=O) groups is 2. The number of carbonyl (C=O) groups excluding carboxylic acids is 2. The summed E-state index contributed by atoms with van der Waals surface area (Å²) in [5.41, 5.74) is 2.68. The van der Waals surface area contributed by atoms with Crippen LogP contribution in [0.25, 0.3) is 0 Å². The van der Waals surface area contributed by atoms with Gasteiger partial charge in [-0.3, -0.25) is 0 Å². The molecule has 230 valence electrons. The molecule has 3 rings (SSSR count). The van der Waals surface area contributed by atoms with Crippen LogP contribution in [0.4, 0.5) is 11.4 Å². The van der Waals surface area contributed by atoms with Crippen LogP contribution in [0.1, 0.15) is 78.7 Å². The van der Waals surface area contributed by atoms with Crippen LogP contribution in [0.2, 0.25) is 0 Å². The van der Waals surface area contributed by atoms with Gasteiger partial charge < -0.3 is 29.3 Å². The second kappa shape index (κ2) is 15.5. The van der Waals surface area contributed by atoms with Gasteiger partial charge in [-0.15, -0.1) is 0 Å². The van der Waals surface area contributed by atoms with Crippen LogP contribution in [0.5, 0.6) is 5.75 Å². The van der Waals surface area contributed by atoms with E-state index in [9.17, 15) is 9.59 Å². The Bertz CT molecular complexity index is 1170. The van der Waals surface area contributed by atoms with Crippen molar-refractivity contribution in [3.05, 3.63) is 65.5 Å². The normalized spacial score (nSPS) is 15.0. The Hall–Kier alpha value is -3.68. The molecule has 0 aromatic heterocycles. The third-order valence-electron chi connectivity index (χ3n) is 7.34. The van der Waals surface area contributed by atoms with E-state index in [2.05, 4.69) is 31.0 Å². The molecule has 0 spiro atoms. The van der Waals surface area contributed by atoms with Gasteiger partial charge in [-0.1, -0.05) is 65.0 Å². The molecule has 42 heavy (non-hydrogen) atoms. The first-order chi connectivity index (χ1) is 20.0. The number of esters is 2. The second-order valence-electron chi connectivity index (χ2n) is 11.8. The standard InChI is InChI=1S/C34H49N3O5/c1-8-10-11-12-13-22-37(23-26-14-20-29(21-15-26)40-24-25(3)9-2)31(30-32(38)41-34(4,5)42-33(30)39)35-27-16-18-28(19-17-27)36(6)7/h14-21,25,35H,8-13,22-24H2,1-7H3. The molecule has 1 heterocycles. The number of nitrogens with zero attached hydrogens (tertiary/aromatic N) is 2. The average molecular weight is 580 g/mol. The Morgan fingerprint density at radius 1 is 0.905 bits per heavy atom. The maximum Gasteiger partial charge on any atom is 0.352 e. The quantitative estimate of drug-likeness (QED) is 0.0976. The molecule has 0 amide bonds. The number of hydrogen-bond acceptors (Lipinski definition) is 8. The van der Waals surface area contributed by atoms with E-state index in [4.69, 9.17) is 14.2 Å². The molecule has 8 nitrogen and oxygen atoms in total. The molecule has 1 fully saturated rings. The first-order valence-electron chi connectivity index (χ1n) is 15.2. The first-order valence-corrected chi connectivity index (χ1v) is 15.2. The van der Waals surface area contributed by atoms with Crippen molar-refractivity contribution < 1.29 is 23.8 Å². The van der Waals surface area contributed by atoms with Gasteiger partial charge in [0.05, 0.1) is 6.61 Å². The predicted octanol–water partition coefficient (Wildman–Crippen LogP) is 7.11. The Kier molecular flexibility index (Phi) is 12.1. The molecule has 0 radical (unpaired) electrons. The third kappa shape index (κ3) is 9.71. The van der Waals surface area contributed by atoms with Crippen molar-refractivity contribution in [2.24, 2.45) is 5.92 Å². The molecular formula is C34H49N3O5. The highest BCUT2D eigenvalue weighted by Crippen LogP contribution is 2.29. The number of ether oxygens (including phenoxy) is 3. The van der Waals surface area contributed by atoms with Gasteiger partial charge >= 0.3 is 11.9 Å². The lowest BCUT2D eigenvalue weighted by molar-refractivity contribution is -0.222. The lowest BCUT2D eigenvalue weighted by Gasteiger charge is -2.34. The summed E-state index contributed by atoms with van der Waals surface area (Å²) in [6.07, 6.45) is 6.49. The summed E-state index contributed by atoms with van der Waals surface area (Å²) in [4.78, 5) is 30.7. The van der Waals surface area contributed by atoms with Gasteiger partial charge in [0, 0.05) is 52.4 Å². The van der Waals surface area contributed by atoms with Crippen LogP contribution < -0.4 is 15.0 Å². The average Bonchev–Trinajstić information content (AvgIpc) is 2.94. The highest BCUT2D eigenvalue weighted by molar-refractivity contribution is 6.16. The zero-order valence-corrected chi connectivity index (χ0v) is 26.5. The van der Waals surface area contributed by atoms with E-state index in [0.717, 1.165) is 54.8 Å². The van der Waals surface area contributed by atoms with Crippen LogP contribution in [0.15, 0.2) is 59.9 Å². The molecule has 1 saturated heterocycles. The van der Waals surface area contributed by atoms with Gasteiger partial charge in [0.25, 0.3) is 5.79 Å².